The molecule has 7 heterocycles. The molecule has 0 radical (unpaired) electrons. The van der Waals surface area contributed by atoms with Crippen LogP contribution in [0.4, 0.5) is 10.1 Å². The highest BCUT2D eigenvalue weighted by atomic mass is 32.1. The summed E-state index contributed by atoms with van der Waals surface area (Å²) in [7, 11) is -0.348. The molecule has 58 heavy (non-hydrogen) atoms. The van der Waals surface area contributed by atoms with Crippen molar-refractivity contribution in [1.29, 1.82) is 0 Å². The third-order valence-electron chi connectivity index (χ3n) is 10.6. The van der Waals surface area contributed by atoms with Crippen LogP contribution in [-0.2, 0) is 19.1 Å². The van der Waals surface area contributed by atoms with Gasteiger partial charge in [-0.05, 0) is 73.7 Å². The molecule has 16 heteroatoms. The first-order valence-corrected chi connectivity index (χ1v) is 22.3. The number of pyridine rings is 2. The van der Waals surface area contributed by atoms with Crippen molar-refractivity contribution in [2.75, 3.05) is 57.8 Å². The molecule has 4 saturated heterocycles. The fourth-order valence-electron chi connectivity index (χ4n) is 7.30. The lowest BCUT2D eigenvalue weighted by Crippen LogP contribution is -2.45. The van der Waals surface area contributed by atoms with Gasteiger partial charge in [-0.2, -0.15) is 0 Å². The molecule has 4 aromatic rings. The van der Waals surface area contributed by atoms with Gasteiger partial charge in [-0.1, -0.05) is 25.5 Å². The summed E-state index contributed by atoms with van der Waals surface area (Å²) in [6.07, 6.45) is 17.0. The van der Waals surface area contributed by atoms with Gasteiger partial charge in [0.1, 0.15) is 6.54 Å². The van der Waals surface area contributed by atoms with E-state index in [4.69, 9.17) is 9.36 Å². The number of amides is 3. The Morgan fingerprint density at radius 3 is 2.59 bits per heavy atom. The van der Waals surface area contributed by atoms with Crippen molar-refractivity contribution in [1.82, 2.24) is 25.2 Å². The highest BCUT2D eigenvalue weighted by Crippen LogP contribution is 2.47. The van der Waals surface area contributed by atoms with Crippen molar-refractivity contribution < 1.29 is 37.7 Å². The van der Waals surface area contributed by atoms with Crippen LogP contribution in [0.15, 0.2) is 73.3 Å². The first-order chi connectivity index (χ1) is 28.3. The molecule has 4 aliphatic rings. The zero-order valence-corrected chi connectivity index (χ0v) is 35.0. The van der Waals surface area contributed by atoms with Crippen molar-refractivity contribution >= 4 is 59.6 Å². The Bertz CT molecular complexity index is 1980. The van der Waals surface area contributed by atoms with E-state index in [-0.39, 0.29) is 12.5 Å². The molecule has 3 unspecified atom stereocenters. The van der Waals surface area contributed by atoms with Crippen LogP contribution in [0.1, 0.15) is 90.9 Å². The summed E-state index contributed by atoms with van der Waals surface area (Å²) in [5, 5.41) is 6.23. The Kier molecular flexibility index (Phi) is 15.8. The molecular formula is C42H54FN7O6PS+. The lowest BCUT2D eigenvalue weighted by Gasteiger charge is -2.41. The number of likely N-dealkylation sites (tertiary alicyclic amines) is 1. The van der Waals surface area contributed by atoms with Crippen molar-refractivity contribution in [3.63, 3.8) is 0 Å². The highest BCUT2D eigenvalue weighted by molar-refractivity contribution is 7.50. The smallest absolute Gasteiger partial charge is 0.320 e. The van der Waals surface area contributed by atoms with Crippen molar-refractivity contribution in [2.45, 2.75) is 76.2 Å². The number of rotatable bonds is 13. The fraction of sp³-hybridized carbons (Fsp3) is 0.476. The molecule has 2 N–H and O–H groups in total. The summed E-state index contributed by atoms with van der Waals surface area (Å²) in [5.74, 6) is -1.28. The number of esters is 1. The maximum absolute atomic E-state index is 15.5. The number of nitrogens with zero attached hydrogens (tertiary/aromatic N) is 5. The Morgan fingerprint density at radius 2 is 1.86 bits per heavy atom. The number of hydrogen-bond acceptors (Lipinski definition) is 10. The molecule has 13 nitrogen and oxygen atoms in total. The number of fused-ring (bicyclic) bond motifs is 2. The maximum atomic E-state index is 15.5. The van der Waals surface area contributed by atoms with Crippen LogP contribution in [0.25, 0.3) is 10.1 Å². The van der Waals surface area contributed by atoms with Gasteiger partial charge in [-0.25, -0.2) is 14.1 Å². The number of hydrogen-bond donors (Lipinski definition) is 2. The van der Waals surface area contributed by atoms with E-state index in [0.717, 1.165) is 62.1 Å². The van der Waals surface area contributed by atoms with E-state index >= 15 is 4.39 Å². The fourth-order valence-corrected chi connectivity index (χ4v) is 9.62. The molecule has 0 bridgehead atoms. The number of aromatic nitrogens is 2. The molecule has 3 amide bonds. The van der Waals surface area contributed by atoms with Gasteiger partial charge in [-0.3, -0.25) is 24.2 Å². The number of nitrogens with one attached hydrogen (secondary N) is 2. The number of ether oxygens (including phenoxy) is 1. The first kappa shape index (κ1) is 42.9. The summed E-state index contributed by atoms with van der Waals surface area (Å²) in [4.78, 5) is 56.8. The number of halogens is 1. The summed E-state index contributed by atoms with van der Waals surface area (Å²) in [6.45, 7) is 7.07. The quantitative estimate of drug-likeness (QED) is 0.0731. The second-order valence-electron chi connectivity index (χ2n) is 14.7. The van der Waals surface area contributed by atoms with E-state index < -0.39 is 20.2 Å². The third kappa shape index (κ3) is 11.3. The highest BCUT2D eigenvalue weighted by Gasteiger charge is 2.33. The van der Waals surface area contributed by atoms with Crippen molar-refractivity contribution in [3.05, 3.63) is 89.3 Å². The third-order valence-corrected chi connectivity index (χ3v) is 13.2. The van der Waals surface area contributed by atoms with Gasteiger partial charge in [-0.15, -0.1) is 11.3 Å². The van der Waals surface area contributed by atoms with Gasteiger partial charge >= 0.3 is 5.97 Å². The SMILES string of the molecule is CCCOC(=O)CNP(O[n+]1ccccc1)C(F)c1ccc2sc(C(=O)NC)cc2c1.O=C1CCCCC2CCCN12.O=CN1CC(c2cnccc2N2CCC2)C1. The largest absolute Gasteiger partial charge is 0.465 e. The summed E-state index contributed by atoms with van der Waals surface area (Å²) < 4.78 is 28.7. The Morgan fingerprint density at radius 1 is 1.07 bits per heavy atom. The molecule has 1 aromatic carbocycles. The van der Waals surface area contributed by atoms with Crippen LogP contribution >= 0.6 is 19.6 Å². The average Bonchev–Trinajstić information content (AvgIpc) is 3.83. The minimum Gasteiger partial charge on any atom is -0.465 e. The molecule has 4 aliphatic heterocycles. The van der Waals surface area contributed by atoms with Gasteiger partial charge in [0.2, 0.25) is 30.6 Å². The number of anilines is 1. The number of carbonyl (C=O) groups excluding carboxylic acids is 4. The van der Waals surface area contributed by atoms with Gasteiger partial charge in [0, 0.05) is 103 Å². The Labute approximate surface area is 344 Å². The average molecular weight is 835 g/mol. The standard InChI is InChI=1S/C21H23FN3O4PS.C12H15N3O.C9H15NO/c1-3-11-28-19(26)14-24-30(29-25-9-5-4-6-10-25)20(22)15-7-8-17-16(12-15)13-18(31-17)21(27)23-2;16-9-14-7-10(8-14)11-6-13-3-2-12(11)15-4-1-5-15;11-9-6-2-1-4-8-5-3-7-10(8)9/h4-10,12-13,20,24H,3,11,14H2,1-2H3;2-3,6,9-10H,1,4-5,7-8H2;8H,1-7H2/p+1. The van der Waals surface area contributed by atoms with Crippen molar-refractivity contribution in [3.8, 4) is 0 Å². The zero-order valence-electron chi connectivity index (χ0n) is 33.3. The number of benzene rings is 1. The topological polar surface area (TPSA) is 137 Å². The van der Waals surface area contributed by atoms with Gasteiger partial charge in [0.05, 0.1) is 11.5 Å². The van der Waals surface area contributed by atoms with Crippen LogP contribution in [-0.4, -0.2) is 97.9 Å². The molecule has 0 saturated carbocycles. The molecule has 3 aromatic heterocycles. The lowest BCUT2D eigenvalue weighted by atomic mass is 9.91. The number of carbonyl (C=O) groups is 4. The zero-order chi connectivity index (χ0) is 40.9. The summed E-state index contributed by atoms with van der Waals surface area (Å²) >= 11 is 1.34. The Hall–Kier alpha value is -4.72. The second-order valence-corrected chi connectivity index (χ2v) is 17.3. The monoisotopic (exact) mass is 834 g/mol. The van der Waals surface area contributed by atoms with Crippen LogP contribution in [0.5, 0.6) is 0 Å². The Balaban J connectivity index is 0.000000172. The van der Waals surface area contributed by atoms with Crippen LogP contribution in [0, 0.1) is 0 Å². The van der Waals surface area contributed by atoms with E-state index in [1.54, 1.807) is 60.7 Å². The van der Waals surface area contributed by atoms with E-state index in [2.05, 4.69) is 31.3 Å². The first-order valence-electron chi connectivity index (χ1n) is 20.2. The molecule has 310 valence electrons. The second kappa shape index (κ2) is 21.3. The summed E-state index contributed by atoms with van der Waals surface area (Å²) in [5.41, 5.74) is 3.02. The predicted molar refractivity (Wildman–Crippen MR) is 223 cm³/mol. The van der Waals surface area contributed by atoms with Gasteiger partial charge in [0.25, 0.3) is 14.2 Å². The van der Waals surface area contributed by atoms with Gasteiger partial charge in [0.15, 0.2) is 0 Å². The van der Waals surface area contributed by atoms with Crippen LogP contribution in [0.2, 0.25) is 0 Å². The number of thiophene rings is 1. The van der Waals surface area contributed by atoms with E-state index in [1.807, 2.05) is 25.4 Å². The molecule has 0 aliphatic carbocycles. The molecule has 3 atom stereocenters. The maximum Gasteiger partial charge on any atom is 0.320 e. The minimum atomic E-state index is -1.92. The van der Waals surface area contributed by atoms with E-state index in [1.165, 1.54) is 59.4 Å². The molecular weight excluding hydrogens is 781 g/mol. The van der Waals surface area contributed by atoms with E-state index in [9.17, 15) is 19.2 Å². The number of alkyl halides is 1. The predicted octanol–water partition coefficient (Wildman–Crippen LogP) is 5.90. The van der Waals surface area contributed by atoms with Crippen molar-refractivity contribution in [2.24, 2.45) is 0 Å². The van der Waals surface area contributed by atoms with Gasteiger partial charge < -0.3 is 24.8 Å². The summed E-state index contributed by atoms with van der Waals surface area (Å²) in [6, 6.07) is 14.9. The molecule has 4 fully saturated rings. The molecule has 0 spiro atoms. The van der Waals surface area contributed by atoms with E-state index in [0.29, 0.717) is 41.3 Å². The minimum absolute atomic E-state index is 0.166. The molecule has 8 rings (SSSR count). The normalized spacial score (nSPS) is 18.5. The lowest BCUT2D eigenvalue weighted by molar-refractivity contribution is -0.857. The van der Waals surface area contributed by atoms with Crippen LogP contribution in [0.3, 0.4) is 0 Å². The van der Waals surface area contributed by atoms with Crippen LogP contribution < -0.4 is 24.7 Å².